The molecule has 0 amide bonds. The molecule has 0 saturated heterocycles. The molecule has 15 heavy (non-hydrogen) atoms. The van der Waals surface area contributed by atoms with E-state index in [1.165, 1.54) is 11.3 Å². The molecule has 0 aliphatic rings. The lowest BCUT2D eigenvalue weighted by molar-refractivity contribution is 0.0695. The highest BCUT2D eigenvalue weighted by molar-refractivity contribution is 7.08. The second-order valence-corrected chi connectivity index (χ2v) is 3.78. The van der Waals surface area contributed by atoms with Crippen molar-refractivity contribution in [3.05, 3.63) is 28.2 Å². The van der Waals surface area contributed by atoms with Crippen molar-refractivity contribution in [3.8, 4) is 11.3 Å². The molecule has 2 aromatic rings. The highest BCUT2D eigenvalue weighted by Crippen LogP contribution is 2.27. The minimum atomic E-state index is -0.991. The van der Waals surface area contributed by atoms with Crippen molar-refractivity contribution in [1.82, 2.24) is 5.16 Å². The monoisotopic (exact) mass is 223 g/mol. The Morgan fingerprint density at radius 1 is 1.67 bits per heavy atom. The quantitative estimate of drug-likeness (QED) is 0.868. The smallest absolute Gasteiger partial charge is 0.341 e. The van der Waals surface area contributed by atoms with Gasteiger partial charge in [-0.2, -0.15) is 11.3 Å². The number of rotatable bonds is 3. The van der Waals surface area contributed by atoms with Crippen LogP contribution in [0, 0.1) is 0 Å². The number of carboxylic acid groups (broad SMARTS) is 1. The summed E-state index contributed by atoms with van der Waals surface area (Å²) < 4.78 is 5.00. The average Bonchev–Trinajstić information content (AvgIpc) is 2.85. The zero-order chi connectivity index (χ0) is 10.8. The first-order valence-corrected chi connectivity index (χ1v) is 5.42. The van der Waals surface area contributed by atoms with E-state index in [1.807, 2.05) is 23.8 Å². The Balaban J connectivity index is 2.58. The van der Waals surface area contributed by atoms with E-state index < -0.39 is 5.97 Å². The number of carboxylic acids is 1. The van der Waals surface area contributed by atoms with E-state index in [2.05, 4.69) is 5.16 Å². The first kappa shape index (κ1) is 9.92. The van der Waals surface area contributed by atoms with Gasteiger partial charge in [0, 0.05) is 17.4 Å². The average molecular weight is 223 g/mol. The van der Waals surface area contributed by atoms with Gasteiger partial charge in [-0.05, 0) is 11.4 Å². The Morgan fingerprint density at radius 2 is 2.47 bits per heavy atom. The molecule has 0 radical (unpaired) electrons. The number of hydrogen-bond donors (Lipinski definition) is 1. The van der Waals surface area contributed by atoms with Gasteiger partial charge in [-0.1, -0.05) is 12.1 Å². The summed E-state index contributed by atoms with van der Waals surface area (Å²) in [5.74, 6) is -0.571. The van der Waals surface area contributed by atoms with E-state index in [4.69, 9.17) is 9.63 Å². The maximum atomic E-state index is 11.1. The van der Waals surface area contributed by atoms with Gasteiger partial charge in [-0.15, -0.1) is 0 Å². The third-order valence-corrected chi connectivity index (χ3v) is 2.78. The molecule has 0 bridgehead atoms. The molecule has 4 nitrogen and oxygen atoms in total. The number of hydrogen-bond acceptors (Lipinski definition) is 4. The van der Waals surface area contributed by atoms with Gasteiger partial charge in [0.15, 0.2) is 5.76 Å². The number of thiophene rings is 1. The van der Waals surface area contributed by atoms with Crippen molar-refractivity contribution in [3.63, 3.8) is 0 Å². The van der Waals surface area contributed by atoms with Crippen molar-refractivity contribution in [2.45, 2.75) is 13.3 Å². The topological polar surface area (TPSA) is 63.3 Å². The highest BCUT2D eigenvalue weighted by atomic mass is 32.1. The molecule has 0 unspecified atom stereocenters. The minimum absolute atomic E-state index is 0.177. The molecule has 2 aromatic heterocycles. The van der Waals surface area contributed by atoms with Gasteiger partial charge in [0.1, 0.15) is 11.3 Å². The molecule has 0 saturated carbocycles. The summed E-state index contributed by atoms with van der Waals surface area (Å²) in [7, 11) is 0. The van der Waals surface area contributed by atoms with Gasteiger partial charge in [0.05, 0.1) is 0 Å². The Bertz CT molecular complexity index is 473. The summed E-state index contributed by atoms with van der Waals surface area (Å²) in [6.07, 6.45) is 0.527. The fraction of sp³-hybridized carbons (Fsp3) is 0.200. The van der Waals surface area contributed by atoms with Crippen LogP contribution in [0.4, 0.5) is 0 Å². The van der Waals surface area contributed by atoms with Gasteiger partial charge in [0.2, 0.25) is 0 Å². The second-order valence-electron chi connectivity index (χ2n) is 3.00. The van der Waals surface area contributed by atoms with E-state index in [9.17, 15) is 4.79 Å². The fourth-order valence-corrected chi connectivity index (χ4v) is 2.02. The first-order chi connectivity index (χ1) is 7.24. The largest absolute Gasteiger partial charge is 0.477 e. The summed E-state index contributed by atoms with van der Waals surface area (Å²) in [6.45, 7) is 1.84. The van der Waals surface area contributed by atoms with Gasteiger partial charge in [-0.3, -0.25) is 0 Å². The Morgan fingerprint density at radius 3 is 3.00 bits per heavy atom. The van der Waals surface area contributed by atoms with Crippen molar-refractivity contribution in [2.75, 3.05) is 0 Å². The second kappa shape index (κ2) is 3.86. The van der Waals surface area contributed by atoms with Crippen LogP contribution in [0.5, 0.6) is 0 Å². The molecule has 0 aliphatic carbocycles. The zero-order valence-electron chi connectivity index (χ0n) is 8.06. The van der Waals surface area contributed by atoms with Crippen LogP contribution < -0.4 is 0 Å². The SMILES string of the molecule is CCc1onc(-c2ccsc2)c1C(=O)O. The molecular formula is C10H9NO3S. The molecular weight excluding hydrogens is 214 g/mol. The van der Waals surface area contributed by atoms with Crippen molar-refractivity contribution < 1.29 is 14.4 Å². The zero-order valence-corrected chi connectivity index (χ0v) is 8.87. The predicted octanol–water partition coefficient (Wildman–Crippen LogP) is 2.66. The van der Waals surface area contributed by atoms with Crippen LogP contribution in [0.15, 0.2) is 21.3 Å². The standard InChI is InChI=1S/C10H9NO3S/c1-2-7-8(10(12)13)9(11-14-7)6-3-4-15-5-6/h3-5H,2H2,1H3,(H,12,13). The van der Waals surface area contributed by atoms with E-state index in [0.29, 0.717) is 17.9 Å². The van der Waals surface area contributed by atoms with Gasteiger partial charge in [-0.25, -0.2) is 4.79 Å². The van der Waals surface area contributed by atoms with Crippen LogP contribution in [0.2, 0.25) is 0 Å². The summed E-state index contributed by atoms with van der Waals surface area (Å²) >= 11 is 1.50. The Kier molecular flexibility index (Phi) is 2.55. The molecule has 0 aromatic carbocycles. The van der Waals surface area contributed by atoms with Crippen LogP contribution in [-0.4, -0.2) is 16.2 Å². The summed E-state index contributed by atoms with van der Waals surface area (Å²) in [6, 6.07) is 1.83. The van der Waals surface area contributed by atoms with Crippen LogP contribution in [0.25, 0.3) is 11.3 Å². The van der Waals surface area contributed by atoms with Crippen LogP contribution in [0.1, 0.15) is 23.0 Å². The molecule has 78 valence electrons. The number of aromatic carboxylic acids is 1. The molecule has 0 aliphatic heterocycles. The Hall–Kier alpha value is -1.62. The fourth-order valence-electron chi connectivity index (χ4n) is 1.38. The van der Waals surface area contributed by atoms with Gasteiger partial charge >= 0.3 is 5.97 Å². The van der Waals surface area contributed by atoms with Crippen LogP contribution >= 0.6 is 11.3 Å². The lowest BCUT2D eigenvalue weighted by Gasteiger charge is -1.94. The van der Waals surface area contributed by atoms with Crippen molar-refractivity contribution >= 4 is 17.3 Å². The summed E-state index contributed by atoms with van der Waals surface area (Å²) in [5.41, 5.74) is 1.39. The predicted molar refractivity (Wildman–Crippen MR) is 56.2 cm³/mol. The Labute approximate surface area is 90.1 Å². The maximum Gasteiger partial charge on any atom is 0.341 e. The van der Waals surface area contributed by atoms with E-state index in [0.717, 1.165) is 5.56 Å². The molecule has 0 atom stereocenters. The summed E-state index contributed by atoms with van der Waals surface area (Å²) in [5, 5.41) is 16.6. The van der Waals surface area contributed by atoms with Crippen molar-refractivity contribution in [1.29, 1.82) is 0 Å². The number of nitrogens with zero attached hydrogens (tertiary/aromatic N) is 1. The third-order valence-electron chi connectivity index (χ3n) is 2.09. The lowest BCUT2D eigenvalue weighted by Crippen LogP contribution is -2.00. The van der Waals surface area contributed by atoms with E-state index in [-0.39, 0.29) is 5.56 Å². The number of carbonyl (C=O) groups is 1. The van der Waals surface area contributed by atoms with Crippen LogP contribution in [0.3, 0.4) is 0 Å². The lowest BCUT2D eigenvalue weighted by atomic mass is 10.1. The molecule has 5 heteroatoms. The van der Waals surface area contributed by atoms with Crippen molar-refractivity contribution in [2.24, 2.45) is 0 Å². The molecule has 2 rings (SSSR count). The van der Waals surface area contributed by atoms with Crippen LogP contribution in [-0.2, 0) is 6.42 Å². The number of aromatic nitrogens is 1. The van der Waals surface area contributed by atoms with Gasteiger partial charge in [0.25, 0.3) is 0 Å². The normalized spacial score (nSPS) is 10.5. The maximum absolute atomic E-state index is 11.1. The molecule has 0 spiro atoms. The number of aryl methyl sites for hydroxylation is 1. The molecule has 0 fully saturated rings. The van der Waals surface area contributed by atoms with E-state index >= 15 is 0 Å². The first-order valence-electron chi connectivity index (χ1n) is 4.48. The third kappa shape index (κ3) is 1.66. The molecule has 2 heterocycles. The molecule has 1 N–H and O–H groups in total. The van der Waals surface area contributed by atoms with E-state index in [1.54, 1.807) is 0 Å². The summed E-state index contributed by atoms with van der Waals surface area (Å²) in [4.78, 5) is 11.1. The minimum Gasteiger partial charge on any atom is -0.477 e. The van der Waals surface area contributed by atoms with Gasteiger partial charge < -0.3 is 9.63 Å². The highest BCUT2D eigenvalue weighted by Gasteiger charge is 2.22.